The molecule has 192 valence electrons. The molecule has 2 heterocycles. The van der Waals surface area contributed by atoms with Crippen molar-refractivity contribution in [2.24, 2.45) is 9.98 Å². The molecule has 0 unspecified atom stereocenters. The molecule has 2 aliphatic rings. The van der Waals surface area contributed by atoms with Crippen LogP contribution in [0.4, 0.5) is 4.79 Å². The largest absolute Gasteiger partial charge is 0.352 e. The third-order valence-electron chi connectivity index (χ3n) is 6.89. The van der Waals surface area contributed by atoms with E-state index < -0.39 is 32.9 Å². The smallest absolute Gasteiger partial charge is 0.325 e. The standard InChI is InChI=1S/C31H26N4O2P2/c1-34-29(36)27-28(32-30(34)37)35(2)31(33-27,38(23-15-7-3-8-16-23)24-17-9-4-10-18-24)39(25-19-11-5-12-20-25)26-21-13-6-14-22-26/h3-22H,1-2H3. The first-order chi connectivity index (χ1) is 19.0. The molecule has 0 saturated carbocycles. The summed E-state index contributed by atoms with van der Waals surface area (Å²) in [5, 5.41) is 3.56. The molecule has 39 heavy (non-hydrogen) atoms. The number of carbonyl (C=O) groups is 2. The van der Waals surface area contributed by atoms with Crippen LogP contribution in [0.5, 0.6) is 0 Å². The molecule has 0 N–H and O–H groups in total. The van der Waals surface area contributed by atoms with Gasteiger partial charge < -0.3 is 4.90 Å². The Kier molecular flexibility index (Phi) is 6.68. The second kappa shape index (κ2) is 10.3. The third kappa shape index (κ3) is 4.21. The fraction of sp³-hybridized carbons (Fsp3) is 0.0968. The summed E-state index contributed by atoms with van der Waals surface area (Å²) < 4.78 is 0. The molecule has 4 aromatic rings. The SMILES string of the molecule is CN1C(=O)N=C2C(=NC(P(c3ccccc3)c3ccccc3)(P(c3ccccc3)c3ccccc3)N2C)C1=O. The quantitative estimate of drug-likeness (QED) is 0.339. The molecule has 0 fully saturated rings. The molecule has 0 saturated heterocycles. The number of urea groups is 1. The van der Waals surface area contributed by atoms with Gasteiger partial charge in [-0.3, -0.25) is 9.69 Å². The van der Waals surface area contributed by atoms with E-state index in [2.05, 4.69) is 53.5 Å². The van der Waals surface area contributed by atoms with Crippen LogP contribution in [0.15, 0.2) is 131 Å². The number of nitrogens with zero attached hydrogens (tertiary/aromatic N) is 4. The van der Waals surface area contributed by atoms with Gasteiger partial charge in [0, 0.05) is 29.9 Å². The number of hydrogen-bond donors (Lipinski definition) is 0. The van der Waals surface area contributed by atoms with Crippen molar-refractivity contribution in [2.45, 2.75) is 5.15 Å². The summed E-state index contributed by atoms with van der Waals surface area (Å²) in [6, 6.07) is 40.9. The first-order valence-electron chi connectivity index (χ1n) is 12.6. The second-order valence-corrected chi connectivity index (χ2v) is 14.2. The second-order valence-electron chi connectivity index (χ2n) is 9.21. The average Bonchev–Trinajstić information content (AvgIpc) is 3.26. The summed E-state index contributed by atoms with van der Waals surface area (Å²) in [6.07, 6.45) is 0. The highest BCUT2D eigenvalue weighted by Crippen LogP contribution is 2.68. The van der Waals surface area contributed by atoms with Gasteiger partial charge in [-0.15, -0.1) is 0 Å². The molecule has 6 nitrogen and oxygen atoms in total. The lowest BCUT2D eigenvalue weighted by atomic mass is 10.2. The molecule has 0 aliphatic carbocycles. The van der Waals surface area contributed by atoms with Gasteiger partial charge in [0.1, 0.15) is 0 Å². The van der Waals surface area contributed by atoms with Gasteiger partial charge in [0.2, 0.25) is 0 Å². The van der Waals surface area contributed by atoms with Gasteiger partial charge in [0.05, 0.1) is 0 Å². The number of amidine groups is 1. The topological polar surface area (TPSA) is 65.3 Å². The summed E-state index contributed by atoms with van der Waals surface area (Å²) in [6.45, 7) is 0. The lowest BCUT2D eigenvalue weighted by molar-refractivity contribution is -0.120. The van der Waals surface area contributed by atoms with Gasteiger partial charge in [-0.25, -0.2) is 9.79 Å². The summed E-state index contributed by atoms with van der Waals surface area (Å²) in [5.41, 5.74) is 0.235. The van der Waals surface area contributed by atoms with E-state index in [0.717, 1.165) is 26.1 Å². The van der Waals surface area contributed by atoms with E-state index in [1.165, 1.54) is 7.05 Å². The highest BCUT2D eigenvalue weighted by Gasteiger charge is 2.58. The Hall–Kier alpha value is -3.98. The van der Waals surface area contributed by atoms with Crippen LogP contribution in [0.3, 0.4) is 0 Å². The molecular formula is C31H26N4O2P2. The van der Waals surface area contributed by atoms with E-state index in [0.29, 0.717) is 5.84 Å². The van der Waals surface area contributed by atoms with E-state index >= 15 is 0 Å². The molecule has 0 atom stereocenters. The minimum atomic E-state index is -1.24. The number of imide groups is 1. The Bertz CT molecular complexity index is 1420. The maximum Gasteiger partial charge on any atom is 0.352 e. The number of hydrogen-bond acceptors (Lipinski definition) is 4. The van der Waals surface area contributed by atoms with Crippen LogP contribution in [0.2, 0.25) is 0 Å². The van der Waals surface area contributed by atoms with Crippen LogP contribution in [-0.4, -0.2) is 52.5 Å². The molecule has 0 aromatic heterocycles. The van der Waals surface area contributed by atoms with Gasteiger partial charge in [-0.05, 0) is 21.2 Å². The Morgan fingerprint density at radius 3 is 1.31 bits per heavy atom. The zero-order chi connectivity index (χ0) is 27.0. The van der Waals surface area contributed by atoms with Crippen molar-refractivity contribution in [3.63, 3.8) is 0 Å². The summed E-state index contributed by atoms with van der Waals surface area (Å²) >= 11 is 0. The lowest BCUT2D eigenvalue weighted by Gasteiger charge is -2.47. The zero-order valence-corrected chi connectivity index (χ0v) is 23.3. The van der Waals surface area contributed by atoms with Gasteiger partial charge in [-0.2, -0.15) is 4.99 Å². The van der Waals surface area contributed by atoms with Crippen molar-refractivity contribution >= 4 is 60.5 Å². The number of rotatable bonds is 6. The van der Waals surface area contributed by atoms with Crippen molar-refractivity contribution in [3.05, 3.63) is 121 Å². The predicted molar refractivity (Wildman–Crippen MR) is 162 cm³/mol. The fourth-order valence-corrected chi connectivity index (χ4v) is 12.3. The molecule has 0 radical (unpaired) electrons. The minimum absolute atomic E-state index is 0.235. The van der Waals surface area contributed by atoms with E-state index in [4.69, 9.17) is 4.99 Å². The Morgan fingerprint density at radius 2 is 0.949 bits per heavy atom. The zero-order valence-electron chi connectivity index (χ0n) is 21.5. The highest BCUT2D eigenvalue weighted by atomic mass is 31.2. The Morgan fingerprint density at radius 1 is 0.590 bits per heavy atom. The van der Waals surface area contributed by atoms with Crippen molar-refractivity contribution < 1.29 is 9.59 Å². The van der Waals surface area contributed by atoms with Crippen molar-refractivity contribution in [2.75, 3.05) is 14.1 Å². The molecule has 3 amide bonds. The van der Waals surface area contributed by atoms with Gasteiger partial charge >= 0.3 is 6.03 Å². The maximum atomic E-state index is 13.5. The number of benzene rings is 4. The molecule has 0 spiro atoms. The van der Waals surface area contributed by atoms with E-state index in [1.807, 2.05) is 84.7 Å². The predicted octanol–water partition coefficient (Wildman–Crippen LogP) is 4.24. The van der Waals surface area contributed by atoms with Crippen LogP contribution in [0.25, 0.3) is 0 Å². The van der Waals surface area contributed by atoms with E-state index in [-0.39, 0.29) is 5.71 Å². The monoisotopic (exact) mass is 548 g/mol. The van der Waals surface area contributed by atoms with Crippen LogP contribution in [0, 0.1) is 0 Å². The maximum absolute atomic E-state index is 13.5. The fourth-order valence-electron chi connectivity index (χ4n) is 5.06. The van der Waals surface area contributed by atoms with Gasteiger partial charge in [0.15, 0.2) is 16.7 Å². The Labute approximate surface area is 230 Å². The molecule has 2 aliphatic heterocycles. The summed E-state index contributed by atoms with van der Waals surface area (Å²) in [4.78, 5) is 39.2. The van der Waals surface area contributed by atoms with Crippen molar-refractivity contribution in [1.29, 1.82) is 0 Å². The van der Waals surface area contributed by atoms with Crippen LogP contribution in [0.1, 0.15) is 0 Å². The molecular weight excluding hydrogens is 522 g/mol. The third-order valence-corrected chi connectivity index (χ3v) is 13.4. The van der Waals surface area contributed by atoms with E-state index in [1.54, 1.807) is 0 Å². The first kappa shape index (κ1) is 25.3. The first-order valence-corrected chi connectivity index (χ1v) is 15.3. The van der Waals surface area contributed by atoms with Crippen LogP contribution in [-0.2, 0) is 4.79 Å². The summed E-state index contributed by atoms with van der Waals surface area (Å²) in [5.74, 6) is -0.0901. The molecule has 0 bridgehead atoms. The Balaban J connectivity index is 1.74. The lowest BCUT2D eigenvalue weighted by Crippen LogP contribution is -2.51. The average molecular weight is 549 g/mol. The number of amides is 3. The number of aliphatic imine (C=N–C) groups is 2. The highest BCUT2D eigenvalue weighted by molar-refractivity contribution is 7.91. The molecule has 4 aromatic carbocycles. The van der Waals surface area contributed by atoms with Gasteiger partial charge in [0.25, 0.3) is 5.91 Å². The van der Waals surface area contributed by atoms with Crippen molar-refractivity contribution in [3.8, 4) is 0 Å². The van der Waals surface area contributed by atoms with Crippen LogP contribution >= 0.6 is 15.8 Å². The summed E-state index contributed by atoms with van der Waals surface area (Å²) in [7, 11) is 0.910. The van der Waals surface area contributed by atoms with E-state index in [9.17, 15) is 9.59 Å². The minimum Gasteiger partial charge on any atom is -0.325 e. The molecule has 6 rings (SSSR count). The van der Waals surface area contributed by atoms with Crippen molar-refractivity contribution in [1.82, 2.24) is 9.80 Å². The normalized spacial score (nSPS) is 16.4. The number of carbonyl (C=O) groups excluding carboxylic acids is 2. The molecule has 8 heteroatoms. The van der Waals surface area contributed by atoms with Gasteiger partial charge in [-0.1, -0.05) is 121 Å². The number of fused-ring (bicyclic) bond motifs is 1. The van der Waals surface area contributed by atoms with Crippen LogP contribution < -0.4 is 21.2 Å².